The SMILES string of the molecule is CCCCCCCCCCc1c(C)n2c(=O)n(c1=O)CCCCCCS(CCCCCCCCC)(OS(=O)(=O)c1ccc(C)cc1)CCCCCC2. The third-order valence-electron chi connectivity index (χ3n) is 11.0. The second-order valence-electron chi connectivity index (χ2n) is 15.5. The maximum Gasteiger partial charge on any atom is 0.331 e. The number of hydrogen-bond donors (Lipinski definition) is 0. The quantitative estimate of drug-likeness (QED) is 0.125. The predicted octanol–water partition coefficient (Wildman–Crippen LogP) is 11.3. The Kier molecular flexibility index (Phi) is 21.0. The summed E-state index contributed by atoms with van der Waals surface area (Å²) < 4.78 is 37.4. The summed E-state index contributed by atoms with van der Waals surface area (Å²) in [5.41, 5.74) is 2.47. The monoisotopic (exact) mass is 763 g/mol. The molecule has 0 amide bonds. The summed E-state index contributed by atoms with van der Waals surface area (Å²) in [5.74, 6) is 2.43. The normalized spacial score (nSPS) is 19.3. The number of rotatable bonds is 20. The first kappa shape index (κ1) is 44.6. The van der Waals surface area contributed by atoms with Crippen molar-refractivity contribution in [2.24, 2.45) is 0 Å². The van der Waals surface area contributed by atoms with Gasteiger partial charge >= 0.3 is 15.8 Å². The van der Waals surface area contributed by atoms with E-state index in [1.165, 1.54) is 75.2 Å². The topological polar surface area (TPSA) is 87.4 Å². The van der Waals surface area contributed by atoms with Crippen molar-refractivity contribution in [1.82, 2.24) is 9.13 Å². The van der Waals surface area contributed by atoms with Crippen LogP contribution in [0, 0.1) is 13.8 Å². The average molecular weight is 763 g/mol. The van der Waals surface area contributed by atoms with Crippen molar-refractivity contribution in [3.05, 3.63) is 61.9 Å². The van der Waals surface area contributed by atoms with Crippen LogP contribution in [-0.4, -0.2) is 34.8 Å². The highest BCUT2D eigenvalue weighted by Gasteiger charge is 2.32. The summed E-state index contributed by atoms with van der Waals surface area (Å²) in [6.45, 7) is 9.48. The van der Waals surface area contributed by atoms with Crippen molar-refractivity contribution >= 4 is 20.4 Å². The molecule has 0 saturated carbocycles. The molecule has 1 aliphatic rings. The van der Waals surface area contributed by atoms with Gasteiger partial charge in [-0.15, -0.1) is 10.3 Å². The maximum absolute atomic E-state index is 13.8. The van der Waals surface area contributed by atoms with Crippen LogP contribution in [0.2, 0.25) is 0 Å². The summed E-state index contributed by atoms with van der Waals surface area (Å²) in [6, 6.07) is 7.06. The molecule has 1 atom stereocenters. The summed E-state index contributed by atoms with van der Waals surface area (Å²) in [6.07, 6.45) is 26.1. The molecule has 2 aromatic rings. The lowest BCUT2D eigenvalue weighted by Crippen LogP contribution is -2.43. The molecule has 0 aliphatic carbocycles. The molecule has 298 valence electrons. The van der Waals surface area contributed by atoms with Gasteiger partial charge in [0.05, 0.1) is 4.90 Å². The molecular weight excluding hydrogens is 689 g/mol. The van der Waals surface area contributed by atoms with Crippen molar-refractivity contribution in [2.75, 3.05) is 17.3 Å². The molecule has 0 saturated heterocycles. The molecule has 0 spiro atoms. The molecule has 0 radical (unpaired) electrons. The molecule has 3 rings (SSSR count). The van der Waals surface area contributed by atoms with Gasteiger partial charge in [-0.2, -0.15) is 8.42 Å². The Labute approximate surface area is 319 Å². The smallest absolute Gasteiger partial charge is 0.298 e. The Morgan fingerprint density at radius 3 is 1.65 bits per heavy atom. The summed E-state index contributed by atoms with van der Waals surface area (Å²) in [7, 11) is -5.75. The maximum atomic E-state index is 13.8. The second-order valence-corrected chi connectivity index (χ2v) is 20.6. The largest absolute Gasteiger partial charge is 0.331 e. The van der Waals surface area contributed by atoms with Crippen LogP contribution in [0.25, 0.3) is 0 Å². The van der Waals surface area contributed by atoms with Gasteiger partial charge in [0.1, 0.15) is 0 Å². The first-order valence-electron chi connectivity index (χ1n) is 21.3. The molecule has 2 bridgehead atoms. The van der Waals surface area contributed by atoms with Crippen LogP contribution in [0.3, 0.4) is 0 Å². The van der Waals surface area contributed by atoms with Gasteiger partial charge in [0.2, 0.25) is 0 Å². The Morgan fingerprint density at radius 1 is 0.615 bits per heavy atom. The van der Waals surface area contributed by atoms with Crippen LogP contribution < -0.4 is 11.2 Å². The standard InChI is InChI=1S/C43H74N2O5S2/c1-5-7-9-11-13-14-16-22-28-41-39(4)44-33-23-17-20-26-36-51(35-25-19-15-12-10-8-6-2,50-52(48,49)40-31-29-38(3)30-32-40)37-27-21-18-24-34-45(42(41)46)43(44)47/h29-32H,5-28,33-37H2,1-4H3. The van der Waals surface area contributed by atoms with Crippen LogP contribution in [0.15, 0.2) is 38.8 Å². The summed E-state index contributed by atoms with van der Waals surface area (Å²) in [4.78, 5) is 27.7. The number of aromatic nitrogens is 2. The van der Waals surface area contributed by atoms with Crippen LogP contribution in [-0.2, 0) is 33.3 Å². The van der Waals surface area contributed by atoms with E-state index in [1.54, 1.807) is 12.1 Å². The Morgan fingerprint density at radius 2 is 1.10 bits per heavy atom. The van der Waals surface area contributed by atoms with Crippen molar-refractivity contribution in [1.29, 1.82) is 0 Å². The lowest BCUT2D eigenvalue weighted by atomic mass is 10.0. The van der Waals surface area contributed by atoms with Gasteiger partial charge in [0, 0.05) is 41.6 Å². The Bertz CT molecular complexity index is 1520. The molecule has 2 heterocycles. The van der Waals surface area contributed by atoms with Crippen molar-refractivity contribution in [3.8, 4) is 0 Å². The van der Waals surface area contributed by atoms with Gasteiger partial charge in [0.15, 0.2) is 0 Å². The highest BCUT2D eigenvalue weighted by Crippen LogP contribution is 2.54. The number of aryl methyl sites for hydroxylation is 1. The average Bonchev–Trinajstić information content (AvgIpc) is 3.11. The van der Waals surface area contributed by atoms with Crippen LogP contribution in [0.1, 0.15) is 178 Å². The molecule has 0 fully saturated rings. The highest BCUT2D eigenvalue weighted by molar-refractivity contribution is 8.33. The van der Waals surface area contributed by atoms with Crippen molar-refractivity contribution in [2.45, 2.75) is 200 Å². The number of fused-ring (bicyclic) bond motifs is 2. The van der Waals surface area contributed by atoms with E-state index in [0.717, 1.165) is 118 Å². The minimum atomic E-state index is -3.88. The second kappa shape index (κ2) is 24.5. The minimum Gasteiger partial charge on any atom is -0.298 e. The molecule has 1 aromatic carbocycles. The Balaban J connectivity index is 1.73. The zero-order chi connectivity index (χ0) is 37.7. The fourth-order valence-electron chi connectivity index (χ4n) is 7.68. The van der Waals surface area contributed by atoms with Crippen LogP contribution in [0.5, 0.6) is 0 Å². The fourth-order valence-corrected chi connectivity index (χ4v) is 13.6. The molecule has 1 unspecified atom stereocenters. The van der Waals surface area contributed by atoms with E-state index in [-0.39, 0.29) is 16.1 Å². The van der Waals surface area contributed by atoms with Gasteiger partial charge in [-0.25, -0.2) is 8.42 Å². The Hall–Kier alpha value is -1.84. The van der Waals surface area contributed by atoms with Gasteiger partial charge in [-0.05, 0) is 70.9 Å². The molecule has 9 heteroatoms. The van der Waals surface area contributed by atoms with Gasteiger partial charge < -0.3 is 0 Å². The fraction of sp³-hybridized carbons (Fsp3) is 0.767. The van der Waals surface area contributed by atoms with E-state index in [0.29, 0.717) is 13.1 Å². The molecular formula is C43H74N2O5S2. The van der Waals surface area contributed by atoms with Crippen molar-refractivity contribution in [3.63, 3.8) is 0 Å². The van der Waals surface area contributed by atoms with Crippen LogP contribution >= 0.6 is 10.3 Å². The third-order valence-corrected chi connectivity index (χ3v) is 16.9. The predicted molar refractivity (Wildman–Crippen MR) is 223 cm³/mol. The number of unbranched alkanes of at least 4 members (excludes halogenated alkanes) is 13. The summed E-state index contributed by atoms with van der Waals surface area (Å²) >= 11 is 0. The van der Waals surface area contributed by atoms with Gasteiger partial charge in [0.25, 0.3) is 5.56 Å². The zero-order valence-corrected chi connectivity index (χ0v) is 35.2. The molecule has 1 aromatic heterocycles. The minimum absolute atomic E-state index is 0.0873. The number of nitrogens with zero attached hydrogens (tertiary/aromatic N) is 2. The molecule has 1 aliphatic heterocycles. The van der Waals surface area contributed by atoms with Gasteiger partial charge in [-0.3, -0.25) is 13.9 Å². The zero-order valence-electron chi connectivity index (χ0n) is 33.6. The van der Waals surface area contributed by atoms with E-state index in [1.807, 2.05) is 30.5 Å². The first-order chi connectivity index (χ1) is 25.1. The third kappa shape index (κ3) is 15.1. The van der Waals surface area contributed by atoms with E-state index in [4.69, 9.17) is 3.63 Å². The molecule has 0 N–H and O–H groups in total. The van der Waals surface area contributed by atoms with Gasteiger partial charge in [-0.1, -0.05) is 141 Å². The number of hydrogen-bond acceptors (Lipinski definition) is 5. The van der Waals surface area contributed by atoms with E-state index in [2.05, 4.69) is 13.8 Å². The van der Waals surface area contributed by atoms with E-state index in [9.17, 15) is 18.0 Å². The lowest BCUT2D eigenvalue weighted by Gasteiger charge is -2.39. The van der Waals surface area contributed by atoms with Crippen LogP contribution in [0.4, 0.5) is 0 Å². The van der Waals surface area contributed by atoms with Crippen molar-refractivity contribution < 1.29 is 12.0 Å². The van der Waals surface area contributed by atoms with E-state index < -0.39 is 20.4 Å². The lowest BCUT2D eigenvalue weighted by molar-refractivity contribution is 0.478. The highest BCUT2D eigenvalue weighted by atomic mass is 32.3. The first-order valence-corrected chi connectivity index (χ1v) is 24.7. The molecule has 52 heavy (non-hydrogen) atoms. The molecule has 7 nitrogen and oxygen atoms in total. The van der Waals surface area contributed by atoms with E-state index >= 15 is 0 Å². The number of benzene rings is 1. The summed E-state index contributed by atoms with van der Waals surface area (Å²) in [5, 5.41) is 0.